The number of morpholine rings is 1. The SMILES string of the molecule is COc1ccc(C(O)C(C)N2CCOC3CCCC32)cc1. The van der Waals surface area contributed by atoms with Gasteiger partial charge in [0.1, 0.15) is 5.75 Å². The lowest BCUT2D eigenvalue weighted by Gasteiger charge is -2.43. The maximum Gasteiger partial charge on any atom is 0.118 e. The summed E-state index contributed by atoms with van der Waals surface area (Å²) in [5, 5.41) is 10.7. The van der Waals surface area contributed by atoms with Crippen molar-refractivity contribution in [3.63, 3.8) is 0 Å². The second-order valence-corrected chi connectivity index (χ2v) is 6.10. The normalized spacial score (nSPS) is 28.9. The number of hydrogen-bond acceptors (Lipinski definition) is 4. The summed E-state index contributed by atoms with van der Waals surface area (Å²) in [6.07, 6.45) is 3.47. The molecule has 2 fully saturated rings. The average Bonchev–Trinajstić information content (AvgIpc) is 3.02. The topological polar surface area (TPSA) is 41.9 Å². The molecule has 4 heteroatoms. The standard InChI is InChI=1S/C17H25NO3/c1-12(17(19)13-6-8-14(20-2)9-7-13)18-10-11-21-16-5-3-4-15(16)18/h6-9,12,15-17,19H,3-5,10-11H2,1-2H3. The fourth-order valence-corrected chi connectivity index (χ4v) is 3.72. The highest BCUT2D eigenvalue weighted by Crippen LogP contribution is 2.34. The zero-order valence-electron chi connectivity index (χ0n) is 12.9. The van der Waals surface area contributed by atoms with E-state index in [0.717, 1.165) is 30.9 Å². The minimum atomic E-state index is -0.477. The van der Waals surface area contributed by atoms with Crippen LogP contribution in [0.5, 0.6) is 5.75 Å². The lowest BCUT2D eigenvalue weighted by atomic mass is 9.99. The molecule has 1 heterocycles. The average molecular weight is 291 g/mol. The summed E-state index contributed by atoms with van der Waals surface area (Å²) in [5.41, 5.74) is 0.948. The molecule has 4 atom stereocenters. The van der Waals surface area contributed by atoms with Gasteiger partial charge in [-0.05, 0) is 43.9 Å². The first kappa shape index (κ1) is 14.8. The number of hydrogen-bond donors (Lipinski definition) is 1. The first-order valence-electron chi connectivity index (χ1n) is 7.90. The van der Waals surface area contributed by atoms with Crippen LogP contribution in [-0.2, 0) is 4.74 Å². The fourth-order valence-electron chi connectivity index (χ4n) is 3.72. The van der Waals surface area contributed by atoms with Crippen molar-refractivity contribution in [1.82, 2.24) is 4.90 Å². The minimum Gasteiger partial charge on any atom is -0.497 e. The molecule has 0 amide bonds. The summed E-state index contributed by atoms with van der Waals surface area (Å²) in [7, 11) is 1.65. The molecule has 0 spiro atoms. The molecule has 4 unspecified atom stereocenters. The van der Waals surface area contributed by atoms with Gasteiger partial charge in [0.25, 0.3) is 0 Å². The van der Waals surface area contributed by atoms with Crippen molar-refractivity contribution in [2.24, 2.45) is 0 Å². The first-order valence-corrected chi connectivity index (χ1v) is 7.90. The van der Waals surface area contributed by atoms with Gasteiger partial charge in [0.2, 0.25) is 0 Å². The van der Waals surface area contributed by atoms with Crippen LogP contribution in [0.4, 0.5) is 0 Å². The smallest absolute Gasteiger partial charge is 0.118 e. The Labute approximate surface area is 126 Å². The van der Waals surface area contributed by atoms with Gasteiger partial charge in [-0.2, -0.15) is 0 Å². The minimum absolute atomic E-state index is 0.105. The molecular formula is C17H25NO3. The number of aliphatic hydroxyl groups is 1. The highest BCUT2D eigenvalue weighted by molar-refractivity contribution is 5.29. The van der Waals surface area contributed by atoms with Gasteiger partial charge in [0.15, 0.2) is 0 Å². The number of methoxy groups -OCH3 is 1. The second-order valence-electron chi connectivity index (χ2n) is 6.10. The molecule has 116 valence electrons. The van der Waals surface area contributed by atoms with Crippen LogP contribution in [0.15, 0.2) is 24.3 Å². The number of ether oxygens (including phenoxy) is 2. The van der Waals surface area contributed by atoms with Crippen LogP contribution in [0.25, 0.3) is 0 Å². The molecule has 0 bridgehead atoms. The third-order valence-electron chi connectivity index (χ3n) is 4.96. The quantitative estimate of drug-likeness (QED) is 0.925. The lowest BCUT2D eigenvalue weighted by Crippen LogP contribution is -2.53. The van der Waals surface area contributed by atoms with E-state index in [4.69, 9.17) is 9.47 Å². The van der Waals surface area contributed by atoms with E-state index >= 15 is 0 Å². The molecule has 1 saturated heterocycles. The Balaban J connectivity index is 1.72. The zero-order valence-corrected chi connectivity index (χ0v) is 12.9. The van der Waals surface area contributed by atoms with Gasteiger partial charge in [0.05, 0.1) is 25.9 Å². The van der Waals surface area contributed by atoms with E-state index in [1.54, 1.807) is 7.11 Å². The Kier molecular flexibility index (Phi) is 4.48. The van der Waals surface area contributed by atoms with E-state index in [2.05, 4.69) is 11.8 Å². The Morgan fingerprint density at radius 1 is 1.29 bits per heavy atom. The Hall–Kier alpha value is -1.10. The third-order valence-corrected chi connectivity index (χ3v) is 4.96. The highest BCUT2D eigenvalue weighted by atomic mass is 16.5. The number of fused-ring (bicyclic) bond motifs is 1. The van der Waals surface area contributed by atoms with Crippen molar-refractivity contribution in [3.8, 4) is 5.75 Å². The van der Waals surface area contributed by atoms with E-state index in [0.29, 0.717) is 12.1 Å². The molecule has 1 saturated carbocycles. The molecule has 21 heavy (non-hydrogen) atoms. The van der Waals surface area contributed by atoms with Gasteiger partial charge in [0, 0.05) is 18.6 Å². The molecule has 3 rings (SSSR count). The van der Waals surface area contributed by atoms with E-state index in [9.17, 15) is 5.11 Å². The van der Waals surface area contributed by atoms with Gasteiger partial charge in [-0.3, -0.25) is 4.90 Å². The van der Waals surface area contributed by atoms with Gasteiger partial charge >= 0.3 is 0 Å². The monoisotopic (exact) mass is 291 g/mol. The molecule has 1 aromatic carbocycles. The van der Waals surface area contributed by atoms with Crippen molar-refractivity contribution in [3.05, 3.63) is 29.8 Å². The number of nitrogens with zero attached hydrogens (tertiary/aromatic N) is 1. The van der Waals surface area contributed by atoms with E-state index in [-0.39, 0.29) is 6.04 Å². The third kappa shape index (κ3) is 2.93. The van der Waals surface area contributed by atoms with Gasteiger partial charge < -0.3 is 14.6 Å². The fraction of sp³-hybridized carbons (Fsp3) is 0.647. The molecule has 1 N–H and O–H groups in total. The highest BCUT2D eigenvalue weighted by Gasteiger charge is 2.39. The van der Waals surface area contributed by atoms with Crippen molar-refractivity contribution in [1.29, 1.82) is 0 Å². The Bertz CT molecular complexity index is 462. The summed E-state index contributed by atoms with van der Waals surface area (Å²) in [6, 6.07) is 8.29. The predicted octanol–water partition coefficient (Wildman–Crippen LogP) is 2.37. The molecule has 1 aromatic rings. The van der Waals surface area contributed by atoms with Crippen LogP contribution in [0.3, 0.4) is 0 Å². The summed E-state index contributed by atoms with van der Waals surface area (Å²) < 4.78 is 11.0. The van der Waals surface area contributed by atoms with E-state index in [1.807, 2.05) is 24.3 Å². The van der Waals surface area contributed by atoms with Crippen LogP contribution in [0.1, 0.15) is 37.9 Å². The molecule has 0 aromatic heterocycles. The van der Waals surface area contributed by atoms with Crippen LogP contribution < -0.4 is 4.74 Å². The number of rotatable bonds is 4. The molecule has 0 radical (unpaired) electrons. The van der Waals surface area contributed by atoms with Crippen LogP contribution >= 0.6 is 0 Å². The van der Waals surface area contributed by atoms with Crippen molar-refractivity contribution in [2.45, 2.75) is 50.5 Å². The van der Waals surface area contributed by atoms with Crippen LogP contribution in [0.2, 0.25) is 0 Å². The summed E-state index contributed by atoms with van der Waals surface area (Å²) in [4.78, 5) is 2.44. The molecule has 1 aliphatic carbocycles. The van der Waals surface area contributed by atoms with E-state index in [1.165, 1.54) is 12.8 Å². The van der Waals surface area contributed by atoms with Gasteiger partial charge in [-0.25, -0.2) is 0 Å². The molecule has 4 nitrogen and oxygen atoms in total. The zero-order chi connectivity index (χ0) is 14.8. The van der Waals surface area contributed by atoms with Gasteiger partial charge in [-0.15, -0.1) is 0 Å². The van der Waals surface area contributed by atoms with Gasteiger partial charge in [-0.1, -0.05) is 12.1 Å². The largest absolute Gasteiger partial charge is 0.497 e. The predicted molar refractivity (Wildman–Crippen MR) is 81.5 cm³/mol. The molecule has 1 aliphatic heterocycles. The van der Waals surface area contributed by atoms with E-state index < -0.39 is 6.10 Å². The summed E-state index contributed by atoms with van der Waals surface area (Å²) >= 11 is 0. The maximum atomic E-state index is 10.7. The lowest BCUT2D eigenvalue weighted by molar-refractivity contribution is -0.0885. The van der Waals surface area contributed by atoms with Crippen molar-refractivity contribution < 1.29 is 14.6 Å². The first-order chi connectivity index (χ1) is 10.2. The maximum absolute atomic E-state index is 10.7. The second kappa shape index (κ2) is 6.34. The van der Waals surface area contributed by atoms with Crippen molar-refractivity contribution >= 4 is 0 Å². The molecule has 2 aliphatic rings. The van der Waals surface area contributed by atoms with Crippen LogP contribution in [0, 0.1) is 0 Å². The summed E-state index contributed by atoms with van der Waals surface area (Å²) in [6.45, 7) is 3.81. The number of aliphatic hydroxyl groups excluding tert-OH is 1. The molecular weight excluding hydrogens is 266 g/mol. The van der Waals surface area contributed by atoms with Crippen molar-refractivity contribution in [2.75, 3.05) is 20.3 Å². The number of benzene rings is 1. The Morgan fingerprint density at radius 2 is 2.05 bits per heavy atom. The summed E-state index contributed by atoms with van der Waals surface area (Å²) in [5.74, 6) is 0.820. The van der Waals surface area contributed by atoms with Crippen LogP contribution in [-0.4, -0.2) is 48.5 Å². The Morgan fingerprint density at radius 3 is 2.76 bits per heavy atom.